The van der Waals surface area contributed by atoms with Crippen LogP contribution >= 0.6 is 23.5 Å². The predicted octanol–water partition coefficient (Wildman–Crippen LogP) is -3.17. The van der Waals surface area contributed by atoms with Gasteiger partial charge in [-0.2, -0.15) is 4.31 Å². The Bertz CT molecular complexity index is 1360. The van der Waals surface area contributed by atoms with Gasteiger partial charge in [0.1, 0.15) is 48.5 Å². The highest BCUT2D eigenvalue weighted by atomic mass is 31.3. The number of rotatable bonds is 11. The monoisotopic (exact) mass is 639 g/mol. The number of fused-ring (bicyclic) bond motifs is 1. The van der Waals surface area contributed by atoms with Crippen LogP contribution in [0.2, 0.25) is 0 Å². The van der Waals surface area contributed by atoms with Crippen molar-refractivity contribution in [1.82, 2.24) is 19.5 Å². The molecule has 10 atom stereocenters. The Morgan fingerprint density at radius 1 is 0.875 bits per heavy atom. The van der Waals surface area contributed by atoms with Crippen LogP contribution in [0.15, 0.2) is 12.7 Å². The van der Waals surface area contributed by atoms with Crippen LogP contribution < -0.4 is 5.73 Å². The number of hydrogen-bond donors (Lipinski definition) is 9. The van der Waals surface area contributed by atoms with Crippen LogP contribution in [-0.2, 0) is 41.1 Å². The van der Waals surface area contributed by atoms with Crippen molar-refractivity contribution in [2.45, 2.75) is 49.1 Å². The molecular weight excluding hydrogens is 615 g/mol. The molecule has 4 rings (SSSR count). The van der Waals surface area contributed by atoms with Gasteiger partial charge in [-0.05, 0) is 0 Å². The Hall–Kier alpha value is -1.52. The molecule has 4 heterocycles. The van der Waals surface area contributed by atoms with Crippen LogP contribution in [-0.4, -0.2) is 116 Å². The number of phosphoric acid groups is 3. The van der Waals surface area contributed by atoms with Crippen molar-refractivity contribution < 1.29 is 81.1 Å². The quantitative estimate of drug-likeness (QED) is 0.109. The molecule has 40 heavy (non-hydrogen) atoms. The molecular formula is C15H24N5O17P3. The van der Waals surface area contributed by atoms with Gasteiger partial charge < -0.3 is 55.2 Å². The number of aromatic nitrogens is 4. The Morgan fingerprint density at radius 2 is 1.48 bits per heavy atom. The molecule has 22 nitrogen and oxygen atoms in total. The van der Waals surface area contributed by atoms with Gasteiger partial charge in [0.15, 0.2) is 24.0 Å². The number of nitrogens with two attached hydrogens (primary N) is 1. The topological polar surface area (TPSA) is 338 Å². The Kier molecular flexibility index (Phi) is 9.14. The summed E-state index contributed by atoms with van der Waals surface area (Å²) in [6, 6.07) is 0. The van der Waals surface area contributed by atoms with Gasteiger partial charge in [-0.25, -0.2) is 28.6 Å². The van der Waals surface area contributed by atoms with Gasteiger partial charge in [-0.15, -0.1) is 0 Å². The molecule has 0 spiro atoms. The molecule has 2 saturated heterocycles. The van der Waals surface area contributed by atoms with E-state index in [1.807, 2.05) is 0 Å². The van der Waals surface area contributed by atoms with Gasteiger partial charge in [0.05, 0.1) is 19.5 Å². The normalized spacial score (nSPS) is 34.2. The zero-order valence-corrected chi connectivity index (χ0v) is 22.3. The molecule has 0 aromatic carbocycles. The second-order valence-corrected chi connectivity index (χ2v) is 12.6. The highest BCUT2D eigenvalue weighted by molar-refractivity contribution is 7.61. The Labute approximate surface area is 222 Å². The number of nitrogens with zero attached hydrogens (tertiary/aromatic N) is 4. The minimum atomic E-state index is -5.46. The van der Waals surface area contributed by atoms with Crippen LogP contribution in [0.3, 0.4) is 0 Å². The average Bonchev–Trinajstić information content (AvgIpc) is 3.47. The first kappa shape index (κ1) is 31.4. The summed E-state index contributed by atoms with van der Waals surface area (Å²) in [4.78, 5) is 49.9. The molecule has 2 fully saturated rings. The van der Waals surface area contributed by atoms with Gasteiger partial charge in [0.25, 0.3) is 0 Å². The number of aliphatic hydroxyl groups is 4. The number of ether oxygens (including phenoxy) is 2. The van der Waals surface area contributed by atoms with Crippen molar-refractivity contribution in [3.8, 4) is 0 Å². The molecule has 2 aromatic heterocycles. The molecule has 0 radical (unpaired) electrons. The Balaban J connectivity index is 1.42. The van der Waals surface area contributed by atoms with Crippen LogP contribution in [0, 0.1) is 0 Å². The molecule has 2 aliphatic rings. The lowest BCUT2D eigenvalue weighted by Gasteiger charge is -2.22. The zero-order valence-electron chi connectivity index (χ0n) is 19.6. The first-order valence-corrected chi connectivity index (χ1v) is 15.4. The lowest BCUT2D eigenvalue weighted by atomic mass is 10.1. The summed E-state index contributed by atoms with van der Waals surface area (Å²) >= 11 is 0. The molecule has 226 valence electrons. The third kappa shape index (κ3) is 7.09. The smallest absolute Gasteiger partial charge is 0.387 e. The first-order chi connectivity index (χ1) is 18.5. The van der Waals surface area contributed by atoms with E-state index in [0.717, 1.165) is 17.2 Å². The fourth-order valence-corrected chi connectivity index (χ4v) is 6.42. The summed E-state index contributed by atoms with van der Waals surface area (Å²) in [7, 11) is -16.1. The van der Waals surface area contributed by atoms with Crippen molar-refractivity contribution in [3.63, 3.8) is 0 Å². The van der Waals surface area contributed by atoms with Crippen molar-refractivity contribution in [2.75, 3.05) is 18.9 Å². The fourth-order valence-electron chi connectivity index (χ4n) is 3.79. The van der Waals surface area contributed by atoms with E-state index < -0.39 is 85.8 Å². The van der Waals surface area contributed by atoms with Crippen molar-refractivity contribution in [2.24, 2.45) is 0 Å². The maximum Gasteiger partial charge on any atom is 0.481 e. The van der Waals surface area contributed by atoms with E-state index in [1.54, 1.807) is 0 Å². The Morgan fingerprint density at radius 3 is 2.02 bits per heavy atom. The number of hydrogen-bond acceptors (Lipinski definition) is 17. The third-order valence-electron chi connectivity index (χ3n) is 5.58. The van der Waals surface area contributed by atoms with E-state index in [0.29, 0.717) is 0 Å². The van der Waals surface area contributed by atoms with E-state index in [2.05, 4.69) is 32.8 Å². The summed E-state index contributed by atoms with van der Waals surface area (Å²) in [5.41, 5.74) is 5.80. The minimum Gasteiger partial charge on any atom is -0.387 e. The summed E-state index contributed by atoms with van der Waals surface area (Å²) in [6.45, 7) is -2.03. The van der Waals surface area contributed by atoms with Crippen molar-refractivity contribution in [1.29, 1.82) is 0 Å². The SMILES string of the molecule is Nc1ncnc2c1ncn2[C@@H]1O[C@H](COP(=O)(O)OP(=O)(O)OC[C@H]2O[C@@H](O)[C@H](O)[C@@H]2O)[C@@H](O)[C@H]1OP(=O)(O)O. The number of nitrogen functional groups attached to an aromatic ring is 1. The van der Waals surface area contributed by atoms with Gasteiger partial charge in [0, 0.05) is 0 Å². The van der Waals surface area contributed by atoms with Gasteiger partial charge in [0.2, 0.25) is 0 Å². The lowest BCUT2D eigenvalue weighted by molar-refractivity contribution is -0.132. The molecule has 0 amide bonds. The lowest BCUT2D eigenvalue weighted by Crippen LogP contribution is -2.35. The molecule has 2 aliphatic heterocycles. The second-order valence-electron chi connectivity index (χ2n) is 8.36. The number of phosphoric ester groups is 3. The van der Waals surface area contributed by atoms with E-state index in [1.165, 1.54) is 0 Å². The molecule has 0 aliphatic carbocycles. The van der Waals surface area contributed by atoms with E-state index in [-0.39, 0.29) is 17.0 Å². The number of anilines is 1. The zero-order chi connectivity index (χ0) is 29.6. The summed E-state index contributed by atoms with van der Waals surface area (Å²) < 4.78 is 65.1. The number of imidazole rings is 1. The van der Waals surface area contributed by atoms with Crippen molar-refractivity contribution >= 4 is 40.4 Å². The van der Waals surface area contributed by atoms with E-state index in [9.17, 15) is 53.7 Å². The van der Waals surface area contributed by atoms with E-state index >= 15 is 0 Å². The van der Waals surface area contributed by atoms with Crippen LogP contribution in [0.4, 0.5) is 5.82 Å². The molecule has 2 aromatic rings. The third-order valence-corrected chi connectivity index (χ3v) is 8.70. The predicted molar refractivity (Wildman–Crippen MR) is 122 cm³/mol. The highest BCUT2D eigenvalue weighted by Crippen LogP contribution is 2.61. The minimum absolute atomic E-state index is 0.0107. The maximum absolute atomic E-state index is 12.3. The van der Waals surface area contributed by atoms with Crippen LogP contribution in [0.5, 0.6) is 0 Å². The maximum atomic E-state index is 12.3. The van der Waals surface area contributed by atoms with Crippen LogP contribution in [0.1, 0.15) is 6.23 Å². The highest BCUT2D eigenvalue weighted by Gasteiger charge is 2.50. The van der Waals surface area contributed by atoms with Gasteiger partial charge in [-0.3, -0.25) is 18.1 Å². The summed E-state index contributed by atoms with van der Waals surface area (Å²) in [5.74, 6) is -0.0509. The summed E-state index contributed by atoms with van der Waals surface area (Å²) in [5, 5.41) is 39.0. The van der Waals surface area contributed by atoms with Crippen molar-refractivity contribution in [3.05, 3.63) is 12.7 Å². The molecule has 0 saturated carbocycles. The van der Waals surface area contributed by atoms with E-state index in [4.69, 9.17) is 15.2 Å². The summed E-state index contributed by atoms with van der Waals surface area (Å²) in [6.07, 6.45) is -11.6. The van der Waals surface area contributed by atoms with Gasteiger partial charge in [-0.1, -0.05) is 0 Å². The number of aliphatic hydroxyl groups excluding tert-OH is 4. The van der Waals surface area contributed by atoms with Crippen LogP contribution in [0.25, 0.3) is 11.2 Å². The molecule has 0 bridgehead atoms. The average molecular weight is 639 g/mol. The molecule has 25 heteroatoms. The largest absolute Gasteiger partial charge is 0.481 e. The first-order valence-electron chi connectivity index (χ1n) is 10.8. The standard InChI is InChI=1S/C15H24N5O17P3/c16-12-7-13(18-3-17-12)20(4-19-7)14-11(36-38(25,26)27)9(22)6(34-14)2-33-40(30,31)37-39(28,29)32-1-5-8(21)10(23)15(24)35-5/h3-6,8-11,14-15,21-24H,1-2H2,(H,28,29)(H,30,31)(H2,16,17,18)(H2,25,26,27)/t5-,6-,8-,9-,10-,11-,14-,15-/m1/s1. The molecule has 10 N–H and O–H groups in total. The fraction of sp³-hybridized carbons (Fsp3) is 0.667. The second kappa shape index (κ2) is 11.6. The van der Waals surface area contributed by atoms with Gasteiger partial charge >= 0.3 is 23.5 Å². The molecule has 2 unspecified atom stereocenters.